The van der Waals surface area contributed by atoms with Crippen LogP contribution < -0.4 is 5.56 Å². The number of aromatic nitrogens is 6. The third kappa shape index (κ3) is 2.88. The molecular weight excluding hydrogens is 363 g/mol. The normalized spacial score (nSPS) is 11.1. The van der Waals surface area contributed by atoms with E-state index in [1.807, 2.05) is 12.1 Å². The van der Waals surface area contributed by atoms with E-state index < -0.39 is 0 Å². The number of halogens is 2. The summed E-state index contributed by atoms with van der Waals surface area (Å²) in [5.74, 6) is 0.335. The Bertz CT molecular complexity index is 1140. The molecule has 7 nitrogen and oxygen atoms in total. The number of pyridine rings is 1. The first-order valence-corrected chi connectivity index (χ1v) is 8.06. The second-order valence-corrected chi connectivity index (χ2v) is 6.13. The Labute approximate surface area is 151 Å². The zero-order valence-electron chi connectivity index (χ0n) is 12.7. The molecule has 4 aromatic rings. The number of nitrogens with zero attached hydrogens (tertiary/aromatic N) is 6. The van der Waals surface area contributed by atoms with E-state index in [-0.39, 0.29) is 5.56 Å². The summed E-state index contributed by atoms with van der Waals surface area (Å²) in [6.07, 6.45) is 3.13. The quantitative estimate of drug-likeness (QED) is 0.552. The smallest absolute Gasteiger partial charge is 0.268 e. The topological polar surface area (TPSA) is 78.0 Å². The summed E-state index contributed by atoms with van der Waals surface area (Å²) in [5, 5.41) is 12.5. The maximum atomic E-state index is 12.7. The third-order valence-electron chi connectivity index (χ3n) is 3.70. The van der Waals surface area contributed by atoms with Crippen LogP contribution in [0.4, 0.5) is 0 Å². The van der Waals surface area contributed by atoms with Gasteiger partial charge in [0.05, 0.1) is 16.6 Å². The van der Waals surface area contributed by atoms with Gasteiger partial charge in [0.15, 0.2) is 5.82 Å². The highest BCUT2D eigenvalue weighted by atomic mass is 35.5. The molecule has 0 fully saturated rings. The van der Waals surface area contributed by atoms with Crippen LogP contribution in [0.5, 0.6) is 0 Å². The summed E-state index contributed by atoms with van der Waals surface area (Å²) in [6, 6.07) is 10.6. The van der Waals surface area contributed by atoms with Gasteiger partial charge in [-0.2, -0.15) is 0 Å². The molecule has 0 bridgehead atoms. The second kappa shape index (κ2) is 6.27. The van der Waals surface area contributed by atoms with Crippen molar-refractivity contribution in [1.82, 2.24) is 29.6 Å². The summed E-state index contributed by atoms with van der Waals surface area (Å²) in [4.78, 5) is 17.0. The Balaban J connectivity index is 1.78. The molecule has 0 aliphatic carbocycles. The SMILES string of the molecule is O=c1c(-c2nnnn2Cc2ccc(Cl)c(Cl)c2)cnc2ccccn12. The lowest BCUT2D eigenvalue weighted by molar-refractivity contribution is 0.652. The fourth-order valence-electron chi connectivity index (χ4n) is 2.50. The number of hydrogen-bond acceptors (Lipinski definition) is 5. The van der Waals surface area contributed by atoms with Crippen molar-refractivity contribution < 1.29 is 0 Å². The predicted molar refractivity (Wildman–Crippen MR) is 93.8 cm³/mol. The molecule has 1 aromatic carbocycles. The molecule has 0 aliphatic rings. The molecular formula is C16H10Cl2N6O. The van der Waals surface area contributed by atoms with Crippen LogP contribution >= 0.6 is 23.2 Å². The van der Waals surface area contributed by atoms with E-state index in [0.29, 0.717) is 33.6 Å². The largest absolute Gasteiger partial charge is 0.269 e. The number of benzene rings is 1. The zero-order chi connectivity index (χ0) is 17.4. The molecule has 0 N–H and O–H groups in total. The third-order valence-corrected chi connectivity index (χ3v) is 4.44. The fraction of sp³-hybridized carbons (Fsp3) is 0.0625. The maximum Gasteiger partial charge on any atom is 0.269 e. The Morgan fingerprint density at radius 2 is 1.96 bits per heavy atom. The Hall–Kier alpha value is -2.77. The van der Waals surface area contributed by atoms with Gasteiger partial charge in [-0.1, -0.05) is 35.3 Å². The molecule has 0 amide bonds. The van der Waals surface area contributed by atoms with Gasteiger partial charge in [0, 0.05) is 12.4 Å². The molecule has 0 atom stereocenters. The van der Waals surface area contributed by atoms with Gasteiger partial charge in [-0.25, -0.2) is 9.67 Å². The van der Waals surface area contributed by atoms with Crippen LogP contribution in [0.1, 0.15) is 5.56 Å². The van der Waals surface area contributed by atoms with Crippen molar-refractivity contribution in [3.8, 4) is 11.4 Å². The van der Waals surface area contributed by atoms with Crippen LogP contribution in [0.15, 0.2) is 53.6 Å². The second-order valence-electron chi connectivity index (χ2n) is 5.31. The Kier molecular flexibility index (Phi) is 3.95. The average Bonchev–Trinajstić information content (AvgIpc) is 3.07. The summed E-state index contributed by atoms with van der Waals surface area (Å²) in [5.41, 5.74) is 1.49. The first kappa shape index (κ1) is 15.7. The number of rotatable bonds is 3. The highest BCUT2D eigenvalue weighted by molar-refractivity contribution is 6.42. The molecule has 0 unspecified atom stereocenters. The number of tetrazole rings is 1. The van der Waals surface area contributed by atoms with Gasteiger partial charge < -0.3 is 0 Å². The lowest BCUT2D eigenvalue weighted by Gasteiger charge is -2.06. The number of fused-ring (bicyclic) bond motifs is 1. The van der Waals surface area contributed by atoms with Gasteiger partial charge in [0.2, 0.25) is 0 Å². The van der Waals surface area contributed by atoms with Crippen LogP contribution in [0.2, 0.25) is 10.0 Å². The van der Waals surface area contributed by atoms with E-state index in [1.165, 1.54) is 15.3 Å². The highest BCUT2D eigenvalue weighted by Gasteiger charge is 2.15. The van der Waals surface area contributed by atoms with E-state index in [9.17, 15) is 4.79 Å². The minimum Gasteiger partial charge on any atom is -0.268 e. The van der Waals surface area contributed by atoms with Crippen molar-refractivity contribution in [3.05, 3.63) is 74.8 Å². The van der Waals surface area contributed by atoms with Crippen LogP contribution in [-0.4, -0.2) is 29.6 Å². The van der Waals surface area contributed by atoms with E-state index in [0.717, 1.165) is 5.56 Å². The summed E-state index contributed by atoms with van der Waals surface area (Å²) in [7, 11) is 0. The van der Waals surface area contributed by atoms with Crippen molar-refractivity contribution in [1.29, 1.82) is 0 Å². The molecule has 9 heteroatoms. The van der Waals surface area contributed by atoms with Gasteiger partial charge in [-0.05, 0) is 40.3 Å². The summed E-state index contributed by atoms with van der Waals surface area (Å²) in [6.45, 7) is 0.343. The van der Waals surface area contributed by atoms with Crippen LogP contribution in [-0.2, 0) is 6.54 Å². The van der Waals surface area contributed by atoms with Gasteiger partial charge >= 0.3 is 0 Å². The Morgan fingerprint density at radius 1 is 1.08 bits per heavy atom. The van der Waals surface area contributed by atoms with E-state index in [2.05, 4.69) is 20.5 Å². The van der Waals surface area contributed by atoms with Crippen molar-refractivity contribution in [2.75, 3.05) is 0 Å². The van der Waals surface area contributed by atoms with Crippen LogP contribution in [0.25, 0.3) is 17.0 Å². The average molecular weight is 373 g/mol. The van der Waals surface area contributed by atoms with Crippen LogP contribution in [0.3, 0.4) is 0 Å². The minimum absolute atomic E-state index is 0.240. The zero-order valence-corrected chi connectivity index (χ0v) is 14.2. The number of hydrogen-bond donors (Lipinski definition) is 0. The molecule has 0 saturated heterocycles. The molecule has 124 valence electrons. The molecule has 0 spiro atoms. The molecule has 25 heavy (non-hydrogen) atoms. The van der Waals surface area contributed by atoms with Gasteiger partial charge in [0.1, 0.15) is 11.2 Å². The fourth-order valence-corrected chi connectivity index (χ4v) is 2.82. The van der Waals surface area contributed by atoms with Crippen molar-refractivity contribution in [3.63, 3.8) is 0 Å². The lowest BCUT2D eigenvalue weighted by atomic mass is 10.2. The monoisotopic (exact) mass is 372 g/mol. The van der Waals surface area contributed by atoms with Gasteiger partial charge in [0.25, 0.3) is 5.56 Å². The summed E-state index contributed by atoms with van der Waals surface area (Å²) >= 11 is 12.0. The van der Waals surface area contributed by atoms with Crippen molar-refractivity contribution >= 4 is 28.8 Å². The highest BCUT2D eigenvalue weighted by Crippen LogP contribution is 2.23. The molecule has 4 rings (SSSR count). The standard InChI is InChI=1S/C16H10Cl2N6O/c17-12-5-4-10(7-13(12)18)9-24-15(20-21-22-24)11-8-19-14-3-1-2-6-23(14)16(11)25/h1-8H,9H2. The lowest BCUT2D eigenvalue weighted by Crippen LogP contribution is -2.18. The molecule has 0 radical (unpaired) electrons. The van der Waals surface area contributed by atoms with Gasteiger partial charge in [-0.15, -0.1) is 5.10 Å². The predicted octanol–water partition coefficient (Wildman–Crippen LogP) is 2.70. The van der Waals surface area contributed by atoms with E-state index >= 15 is 0 Å². The first-order chi connectivity index (χ1) is 12.1. The molecule has 0 saturated carbocycles. The van der Waals surface area contributed by atoms with Crippen LogP contribution in [0, 0.1) is 0 Å². The molecule has 3 heterocycles. The van der Waals surface area contributed by atoms with Crippen molar-refractivity contribution in [2.45, 2.75) is 6.54 Å². The van der Waals surface area contributed by atoms with Crippen molar-refractivity contribution in [2.24, 2.45) is 0 Å². The minimum atomic E-state index is -0.240. The molecule has 0 aliphatic heterocycles. The summed E-state index contributed by atoms with van der Waals surface area (Å²) < 4.78 is 2.97. The maximum absolute atomic E-state index is 12.7. The molecule has 3 aromatic heterocycles. The Morgan fingerprint density at radius 3 is 2.80 bits per heavy atom. The van der Waals surface area contributed by atoms with Gasteiger partial charge in [-0.3, -0.25) is 9.20 Å². The van der Waals surface area contributed by atoms with E-state index in [1.54, 1.807) is 30.5 Å². The first-order valence-electron chi connectivity index (χ1n) is 7.30. The van der Waals surface area contributed by atoms with E-state index in [4.69, 9.17) is 23.2 Å².